The van der Waals surface area contributed by atoms with Crippen LogP contribution in [0.15, 0.2) is 0 Å². The molecule has 0 aromatic carbocycles. The Balaban J connectivity index is 4.10. The van der Waals surface area contributed by atoms with Crippen LogP contribution in [0.25, 0.3) is 0 Å². The van der Waals surface area contributed by atoms with Crippen LogP contribution in [0, 0.1) is 0 Å². The first-order chi connectivity index (χ1) is 9.01. The molecular weight excluding hydrogens is 246 g/mol. The van der Waals surface area contributed by atoms with Crippen LogP contribution in [0.3, 0.4) is 0 Å². The van der Waals surface area contributed by atoms with Crippen LogP contribution in [0.1, 0.15) is 46.5 Å². The number of carbonyl (C=O) groups is 2. The molecule has 19 heavy (non-hydrogen) atoms. The van der Waals surface area contributed by atoms with E-state index in [1.807, 2.05) is 20.8 Å². The number of hydrogen-bond donors (Lipinski definition) is 0. The lowest BCUT2D eigenvalue weighted by atomic mass is 10.2. The van der Waals surface area contributed by atoms with E-state index in [4.69, 9.17) is 4.74 Å². The average Bonchev–Trinajstić information content (AvgIpc) is 2.37. The number of carbonyl (C=O) groups excluding carboxylic acids is 2. The van der Waals surface area contributed by atoms with Gasteiger partial charge >= 0.3 is 5.97 Å². The predicted molar refractivity (Wildman–Crippen MR) is 73.8 cm³/mol. The molecule has 0 aliphatic carbocycles. The van der Waals surface area contributed by atoms with Crippen molar-refractivity contribution in [3.8, 4) is 0 Å². The van der Waals surface area contributed by atoms with Gasteiger partial charge in [-0.25, -0.2) is 0 Å². The van der Waals surface area contributed by atoms with Crippen LogP contribution in [-0.4, -0.2) is 49.7 Å². The third kappa shape index (κ3) is 9.47. The second kappa shape index (κ2) is 10.8. The van der Waals surface area contributed by atoms with Gasteiger partial charge in [0.2, 0.25) is 5.91 Å². The summed E-state index contributed by atoms with van der Waals surface area (Å²) < 4.78 is 10.0. The number of ether oxygens (including phenoxy) is 2. The van der Waals surface area contributed by atoms with Gasteiger partial charge < -0.3 is 14.4 Å². The molecule has 0 atom stereocenters. The molecule has 0 aliphatic rings. The number of hydrogen-bond acceptors (Lipinski definition) is 4. The average molecular weight is 273 g/mol. The van der Waals surface area contributed by atoms with E-state index in [0.29, 0.717) is 26.1 Å². The largest absolute Gasteiger partial charge is 0.469 e. The highest BCUT2D eigenvalue weighted by Gasteiger charge is 2.14. The summed E-state index contributed by atoms with van der Waals surface area (Å²) in [6.07, 6.45) is 2.57. The maximum atomic E-state index is 11.9. The number of amides is 1. The van der Waals surface area contributed by atoms with Gasteiger partial charge in [-0.05, 0) is 26.7 Å². The zero-order valence-corrected chi connectivity index (χ0v) is 12.6. The maximum absolute atomic E-state index is 11.9. The summed E-state index contributed by atoms with van der Waals surface area (Å²) in [5, 5.41) is 0. The Bertz CT molecular complexity index is 266. The van der Waals surface area contributed by atoms with Crippen molar-refractivity contribution in [1.29, 1.82) is 0 Å². The minimum absolute atomic E-state index is 0.0935. The lowest BCUT2D eigenvalue weighted by Crippen LogP contribution is -2.34. The summed E-state index contributed by atoms with van der Waals surface area (Å²) in [6.45, 7) is 7.62. The monoisotopic (exact) mass is 273 g/mol. The van der Waals surface area contributed by atoms with Crippen LogP contribution in [0.4, 0.5) is 0 Å². The Labute approximate surface area is 116 Å². The lowest BCUT2D eigenvalue weighted by Gasteiger charge is -2.22. The van der Waals surface area contributed by atoms with Crippen molar-refractivity contribution < 1.29 is 19.1 Å². The van der Waals surface area contributed by atoms with Gasteiger partial charge in [0.05, 0.1) is 19.6 Å². The van der Waals surface area contributed by atoms with Crippen molar-refractivity contribution >= 4 is 11.9 Å². The van der Waals surface area contributed by atoms with Gasteiger partial charge in [0.1, 0.15) is 0 Å². The fourth-order valence-electron chi connectivity index (χ4n) is 1.64. The molecule has 0 saturated heterocycles. The fourth-order valence-corrected chi connectivity index (χ4v) is 1.64. The lowest BCUT2D eigenvalue weighted by molar-refractivity contribution is -0.141. The van der Waals surface area contributed by atoms with Gasteiger partial charge in [0.15, 0.2) is 0 Å². The van der Waals surface area contributed by atoms with Crippen molar-refractivity contribution in [2.24, 2.45) is 0 Å². The van der Waals surface area contributed by atoms with Crippen LogP contribution < -0.4 is 0 Å². The predicted octanol–water partition coefficient (Wildman–Crippen LogP) is 1.99. The minimum atomic E-state index is -0.285. The first-order valence-corrected chi connectivity index (χ1v) is 6.97. The van der Waals surface area contributed by atoms with Gasteiger partial charge in [0, 0.05) is 26.1 Å². The summed E-state index contributed by atoms with van der Waals surface area (Å²) >= 11 is 0. The number of methoxy groups -OCH3 is 1. The molecule has 0 radical (unpaired) electrons. The van der Waals surface area contributed by atoms with E-state index in [9.17, 15) is 9.59 Å². The third-order valence-electron chi connectivity index (χ3n) is 2.65. The van der Waals surface area contributed by atoms with E-state index in [0.717, 1.165) is 12.8 Å². The number of rotatable bonds is 10. The number of esters is 1. The highest BCUT2D eigenvalue weighted by molar-refractivity contribution is 5.77. The second-order valence-corrected chi connectivity index (χ2v) is 4.73. The summed E-state index contributed by atoms with van der Waals surface area (Å²) in [7, 11) is 1.36. The van der Waals surface area contributed by atoms with E-state index in [-0.39, 0.29) is 24.4 Å². The Morgan fingerprint density at radius 3 is 2.37 bits per heavy atom. The number of nitrogens with zero attached hydrogens (tertiary/aromatic N) is 1. The van der Waals surface area contributed by atoms with Gasteiger partial charge in [-0.15, -0.1) is 0 Å². The molecule has 0 rings (SSSR count). The highest BCUT2D eigenvalue weighted by Crippen LogP contribution is 2.02. The van der Waals surface area contributed by atoms with Gasteiger partial charge in [-0.2, -0.15) is 0 Å². The summed E-state index contributed by atoms with van der Waals surface area (Å²) in [5.41, 5.74) is 0. The van der Waals surface area contributed by atoms with Crippen molar-refractivity contribution in [3.63, 3.8) is 0 Å². The van der Waals surface area contributed by atoms with E-state index >= 15 is 0 Å². The Morgan fingerprint density at radius 1 is 1.16 bits per heavy atom. The maximum Gasteiger partial charge on any atom is 0.307 e. The van der Waals surface area contributed by atoms with Crippen molar-refractivity contribution in [2.75, 3.05) is 26.8 Å². The standard InChI is InChI=1S/C14H27NO4/c1-5-7-13(16)15(10-8-14(17)18-4)9-6-11-19-12(2)3/h12H,5-11H2,1-4H3. The Morgan fingerprint density at radius 2 is 1.84 bits per heavy atom. The molecule has 0 aliphatic heterocycles. The van der Waals surface area contributed by atoms with Crippen molar-refractivity contribution in [3.05, 3.63) is 0 Å². The van der Waals surface area contributed by atoms with Crippen molar-refractivity contribution in [1.82, 2.24) is 4.90 Å². The summed E-state index contributed by atoms with van der Waals surface area (Å²) in [4.78, 5) is 24.8. The summed E-state index contributed by atoms with van der Waals surface area (Å²) in [6, 6.07) is 0. The molecule has 0 unspecified atom stereocenters. The van der Waals surface area contributed by atoms with Gasteiger partial charge in [0.25, 0.3) is 0 Å². The Hall–Kier alpha value is -1.10. The zero-order valence-electron chi connectivity index (χ0n) is 12.6. The molecule has 1 amide bonds. The molecule has 5 heteroatoms. The third-order valence-corrected chi connectivity index (χ3v) is 2.65. The van der Waals surface area contributed by atoms with Gasteiger partial charge in [-0.3, -0.25) is 9.59 Å². The topological polar surface area (TPSA) is 55.8 Å². The van der Waals surface area contributed by atoms with Crippen molar-refractivity contribution in [2.45, 2.75) is 52.6 Å². The smallest absolute Gasteiger partial charge is 0.307 e. The minimum Gasteiger partial charge on any atom is -0.469 e. The van der Waals surface area contributed by atoms with E-state index in [2.05, 4.69) is 4.74 Å². The fraction of sp³-hybridized carbons (Fsp3) is 0.857. The SMILES string of the molecule is CCCC(=O)N(CCCOC(C)C)CCC(=O)OC. The zero-order chi connectivity index (χ0) is 14.7. The first kappa shape index (κ1) is 17.9. The summed E-state index contributed by atoms with van der Waals surface area (Å²) in [5.74, 6) is -0.191. The molecule has 0 saturated carbocycles. The molecule has 5 nitrogen and oxygen atoms in total. The van der Waals surface area contributed by atoms with E-state index in [1.165, 1.54) is 7.11 Å². The second-order valence-electron chi connectivity index (χ2n) is 4.73. The van der Waals surface area contributed by atoms with E-state index < -0.39 is 0 Å². The van der Waals surface area contributed by atoms with Crippen LogP contribution in [0.2, 0.25) is 0 Å². The highest BCUT2D eigenvalue weighted by atomic mass is 16.5. The quantitative estimate of drug-likeness (QED) is 0.451. The molecule has 0 spiro atoms. The normalized spacial score (nSPS) is 10.6. The van der Waals surface area contributed by atoms with Crippen LogP contribution >= 0.6 is 0 Å². The Kier molecular flexibility index (Phi) is 10.2. The molecule has 0 heterocycles. The first-order valence-electron chi connectivity index (χ1n) is 6.97. The molecule has 0 fully saturated rings. The molecule has 0 aromatic heterocycles. The van der Waals surface area contributed by atoms with Gasteiger partial charge in [-0.1, -0.05) is 6.92 Å². The van der Waals surface area contributed by atoms with E-state index in [1.54, 1.807) is 4.90 Å². The molecule has 0 bridgehead atoms. The molecule has 112 valence electrons. The van der Waals surface area contributed by atoms with Crippen LogP contribution in [0.5, 0.6) is 0 Å². The molecule has 0 aromatic rings. The van der Waals surface area contributed by atoms with Crippen LogP contribution in [-0.2, 0) is 19.1 Å². The molecular formula is C14H27NO4. The molecule has 0 N–H and O–H groups in total.